The predicted molar refractivity (Wildman–Crippen MR) is 125 cm³/mol. The Hall–Kier alpha value is -3.15. The van der Waals surface area contributed by atoms with E-state index in [2.05, 4.69) is 36.7 Å². The highest BCUT2D eigenvalue weighted by Gasteiger charge is 2.14. The lowest BCUT2D eigenvalue weighted by molar-refractivity contribution is -0.117. The van der Waals surface area contributed by atoms with Crippen molar-refractivity contribution in [3.05, 3.63) is 59.7 Å². The molecular formula is C25H33N3O3. The Morgan fingerprint density at radius 3 is 1.81 bits per heavy atom. The van der Waals surface area contributed by atoms with Crippen LogP contribution in [0.15, 0.2) is 48.5 Å². The minimum atomic E-state index is -0.199. The van der Waals surface area contributed by atoms with E-state index in [4.69, 9.17) is 0 Å². The molecule has 0 aromatic heterocycles. The van der Waals surface area contributed by atoms with Crippen LogP contribution in [0.25, 0.3) is 0 Å². The molecule has 0 radical (unpaired) electrons. The largest absolute Gasteiger partial charge is 0.352 e. The highest BCUT2D eigenvalue weighted by molar-refractivity contribution is 5.95. The van der Waals surface area contributed by atoms with Gasteiger partial charge in [0.25, 0.3) is 5.91 Å². The zero-order valence-corrected chi connectivity index (χ0v) is 19.0. The number of benzene rings is 2. The molecule has 6 nitrogen and oxygen atoms in total. The first-order valence-corrected chi connectivity index (χ1v) is 10.6. The summed E-state index contributed by atoms with van der Waals surface area (Å²) in [5.41, 5.74) is 3.09. The van der Waals surface area contributed by atoms with Crippen molar-refractivity contribution in [2.75, 3.05) is 17.2 Å². The van der Waals surface area contributed by atoms with Crippen molar-refractivity contribution in [2.24, 2.45) is 5.92 Å². The smallest absolute Gasteiger partial charge is 0.251 e. The standard InChI is InChI=1S/C25H33N3O3/c1-17(2)16-23(30)28-21-12-10-20(11-13-21)27-22(29)14-15-26-24(31)18-6-8-19(9-7-18)25(3,4)5/h6-13,17H,14-16H2,1-5H3,(H,26,31)(H,27,29)(H,28,30). The number of carbonyl (C=O) groups excluding carboxylic acids is 3. The van der Waals surface area contributed by atoms with E-state index in [1.807, 2.05) is 26.0 Å². The fourth-order valence-electron chi connectivity index (χ4n) is 2.96. The van der Waals surface area contributed by atoms with Crippen molar-refractivity contribution < 1.29 is 14.4 Å². The van der Waals surface area contributed by atoms with Crippen LogP contribution >= 0.6 is 0 Å². The summed E-state index contributed by atoms with van der Waals surface area (Å²) in [6.45, 7) is 10.6. The van der Waals surface area contributed by atoms with E-state index >= 15 is 0 Å². The molecule has 0 bridgehead atoms. The Kier molecular flexibility index (Phi) is 8.37. The molecule has 0 heterocycles. The molecule has 2 rings (SSSR count). The molecule has 0 aliphatic rings. The summed E-state index contributed by atoms with van der Waals surface area (Å²) in [5, 5.41) is 8.39. The van der Waals surface area contributed by atoms with E-state index < -0.39 is 0 Å². The molecule has 0 saturated carbocycles. The Balaban J connectivity index is 1.76. The molecule has 2 aromatic rings. The van der Waals surface area contributed by atoms with Crippen LogP contribution in [-0.2, 0) is 15.0 Å². The van der Waals surface area contributed by atoms with Crippen molar-refractivity contribution in [3.63, 3.8) is 0 Å². The van der Waals surface area contributed by atoms with Crippen LogP contribution < -0.4 is 16.0 Å². The van der Waals surface area contributed by atoms with E-state index in [1.165, 1.54) is 0 Å². The first-order chi connectivity index (χ1) is 14.5. The Morgan fingerprint density at radius 2 is 1.32 bits per heavy atom. The number of anilines is 2. The van der Waals surface area contributed by atoms with Crippen LogP contribution in [0, 0.1) is 5.92 Å². The number of carbonyl (C=O) groups is 3. The average Bonchev–Trinajstić information content (AvgIpc) is 2.68. The third kappa shape index (κ3) is 8.24. The molecule has 0 fully saturated rings. The summed E-state index contributed by atoms with van der Waals surface area (Å²) >= 11 is 0. The van der Waals surface area contributed by atoms with Gasteiger partial charge in [-0.1, -0.05) is 46.8 Å². The molecule has 0 atom stereocenters. The molecule has 0 aliphatic carbocycles. The number of hydrogen-bond acceptors (Lipinski definition) is 3. The number of amides is 3. The maximum absolute atomic E-state index is 12.3. The molecular weight excluding hydrogens is 390 g/mol. The van der Waals surface area contributed by atoms with E-state index in [-0.39, 0.29) is 36.1 Å². The van der Waals surface area contributed by atoms with Crippen LogP contribution in [0.2, 0.25) is 0 Å². The Labute approximate surface area is 184 Å². The third-order valence-corrected chi connectivity index (χ3v) is 4.70. The van der Waals surface area contributed by atoms with Gasteiger partial charge in [0.15, 0.2) is 0 Å². The summed E-state index contributed by atoms with van der Waals surface area (Å²) in [5.74, 6) is -0.132. The van der Waals surface area contributed by atoms with Crippen LogP contribution in [0.1, 0.15) is 63.4 Å². The average molecular weight is 424 g/mol. The van der Waals surface area contributed by atoms with Crippen molar-refractivity contribution in [1.82, 2.24) is 5.32 Å². The molecule has 2 aromatic carbocycles. The topological polar surface area (TPSA) is 87.3 Å². The summed E-state index contributed by atoms with van der Waals surface area (Å²) in [6.07, 6.45) is 0.629. The van der Waals surface area contributed by atoms with Gasteiger partial charge in [-0.3, -0.25) is 14.4 Å². The van der Waals surface area contributed by atoms with Crippen LogP contribution in [0.5, 0.6) is 0 Å². The molecule has 6 heteroatoms. The predicted octanol–water partition coefficient (Wildman–Crippen LogP) is 4.73. The monoisotopic (exact) mass is 423 g/mol. The summed E-state index contributed by atoms with van der Waals surface area (Å²) in [4.78, 5) is 36.2. The fourth-order valence-corrected chi connectivity index (χ4v) is 2.96. The third-order valence-electron chi connectivity index (χ3n) is 4.70. The van der Waals surface area contributed by atoms with Gasteiger partial charge in [0.1, 0.15) is 0 Å². The maximum atomic E-state index is 12.3. The van der Waals surface area contributed by atoms with Gasteiger partial charge in [-0.15, -0.1) is 0 Å². The van der Waals surface area contributed by atoms with Crippen molar-refractivity contribution in [3.8, 4) is 0 Å². The van der Waals surface area contributed by atoms with Gasteiger partial charge in [0, 0.05) is 36.3 Å². The summed E-state index contributed by atoms with van der Waals surface area (Å²) in [6, 6.07) is 14.5. The van der Waals surface area contributed by atoms with Gasteiger partial charge >= 0.3 is 0 Å². The number of hydrogen-bond donors (Lipinski definition) is 3. The Morgan fingerprint density at radius 1 is 0.806 bits per heavy atom. The molecule has 166 valence electrons. The lowest BCUT2D eigenvalue weighted by Crippen LogP contribution is -2.27. The zero-order valence-electron chi connectivity index (χ0n) is 19.0. The lowest BCUT2D eigenvalue weighted by Gasteiger charge is -2.19. The summed E-state index contributed by atoms with van der Waals surface area (Å²) < 4.78 is 0. The molecule has 0 spiro atoms. The van der Waals surface area contributed by atoms with Crippen LogP contribution in [0.3, 0.4) is 0 Å². The van der Waals surface area contributed by atoms with Crippen molar-refractivity contribution in [2.45, 2.75) is 52.9 Å². The molecule has 3 amide bonds. The SMILES string of the molecule is CC(C)CC(=O)Nc1ccc(NC(=O)CCNC(=O)c2ccc(C(C)(C)C)cc2)cc1. The minimum absolute atomic E-state index is 0.0319. The van der Waals surface area contributed by atoms with E-state index in [1.54, 1.807) is 36.4 Å². The van der Waals surface area contributed by atoms with Crippen LogP contribution in [-0.4, -0.2) is 24.3 Å². The van der Waals surface area contributed by atoms with Gasteiger partial charge in [-0.2, -0.15) is 0 Å². The van der Waals surface area contributed by atoms with Crippen LogP contribution in [0.4, 0.5) is 11.4 Å². The summed E-state index contributed by atoms with van der Waals surface area (Å²) in [7, 11) is 0. The van der Waals surface area contributed by atoms with Crippen molar-refractivity contribution >= 4 is 29.1 Å². The molecule has 0 unspecified atom stereocenters. The molecule has 0 saturated heterocycles. The first kappa shape index (κ1) is 24.1. The molecule has 3 N–H and O–H groups in total. The fraction of sp³-hybridized carbons (Fsp3) is 0.400. The first-order valence-electron chi connectivity index (χ1n) is 10.6. The molecule has 0 aliphatic heterocycles. The minimum Gasteiger partial charge on any atom is -0.352 e. The second kappa shape index (κ2) is 10.8. The van der Waals surface area contributed by atoms with E-state index in [0.29, 0.717) is 29.3 Å². The van der Waals surface area contributed by atoms with E-state index in [9.17, 15) is 14.4 Å². The highest BCUT2D eigenvalue weighted by Crippen LogP contribution is 2.22. The van der Waals surface area contributed by atoms with Gasteiger partial charge in [0.2, 0.25) is 11.8 Å². The van der Waals surface area contributed by atoms with Crippen molar-refractivity contribution in [1.29, 1.82) is 0 Å². The number of nitrogens with one attached hydrogen (secondary N) is 3. The van der Waals surface area contributed by atoms with Gasteiger partial charge in [-0.25, -0.2) is 0 Å². The second-order valence-electron chi connectivity index (χ2n) is 9.10. The normalized spacial score (nSPS) is 11.2. The van der Waals surface area contributed by atoms with E-state index in [0.717, 1.165) is 5.56 Å². The number of rotatable bonds is 8. The van der Waals surface area contributed by atoms with Gasteiger partial charge in [-0.05, 0) is 53.3 Å². The second-order valence-corrected chi connectivity index (χ2v) is 9.10. The Bertz CT molecular complexity index is 895. The lowest BCUT2D eigenvalue weighted by atomic mass is 9.87. The zero-order chi connectivity index (χ0) is 23.0. The van der Waals surface area contributed by atoms with Gasteiger partial charge < -0.3 is 16.0 Å². The highest BCUT2D eigenvalue weighted by atomic mass is 16.2. The van der Waals surface area contributed by atoms with Gasteiger partial charge in [0.05, 0.1) is 0 Å². The maximum Gasteiger partial charge on any atom is 0.251 e. The molecule has 31 heavy (non-hydrogen) atoms. The quantitative estimate of drug-likeness (QED) is 0.574.